The molecule has 0 amide bonds. The highest BCUT2D eigenvalue weighted by Gasteiger charge is 2.16. The van der Waals surface area contributed by atoms with Crippen molar-refractivity contribution in [1.29, 1.82) is 0 Å². The molecule has 1 heterocycles. The first-order chi connectivity index (χ1) is 8.99. The Morgan fingerprint density at radius 3 is 2.63 bits per heavy atom. The molecule has 0 aliphatic carbocycles. The summed E-state index contributed by atoms with van der Waals surface area (Å²) in [6, 6.07) is 6.52. The van der Waals surface area contributed by atoms with Crippen molar-refractivity contribution in [2.24, 2.45) is 0 Å². The van der Waals surface area contributed by atoms with Gasteiger partial charge in [-0.15, -0.1) is 0 Å². The predicted octanol–water partition coefficient (Wildman–Crippen LogP) is 4.34. The second-order valence-corrected chi connectivity index (χ2v) is 5.03. The number of nitrogens with zero attached hydrogens (tertiary/aromatic N) is 1. The Morgan fingerprint density at radius 2 is 1.95 bits per heavy atom. The fourth-order valence-electron chi connectivity index (χ4n) is 1.76. The molecule has 19 heavy (non-hydrogen) atoms. The van der Waals surface area contributed by atoms with Gasteiger partial charge in [-0.05, 0) is 29.8 Å². The molecule has 0 spiro atoms. The van der Waals surface area contributed by atoms with Crippen molar-refractivity contribution in [1.82, 2.24) is 4.98 Å². The topological polar surface area (TPSA) is 50.2 Å². The highest BCUT2D eigenvalue weighted by Crippen LogP contribution is 2.36. The van der Waals surface area contributed by atoms with Gasteiger partial charge in [0.1, 0.15) is 5.15 Å². The summed E-state index contributed by atoms with van der Waals surface area (Å²) in [6.45, 7) is 0. The summed E-state index contributed by atoms with van der Waals surface area (Å²) in [5.74, 6) is -0.957. The summed E-state index contributed by atoms with van der Waals surface area (Å²) < 4.78 is 0. The predicted molar refractivity (Wildman–Crippen MR) is 76.0 cm³/mol. The average Bonchev–Trinajstić information content (AvgIpc) is 2.32. The summed E-state index contributed by atoms with van der Waals surface area (Å²) in [4.78, 5) is 14.9. The molecule has 0 bridgehead atoms. The van der Waals surface area contributed by atoms with E-state index in [2.05, 4.69) is 4.98 Å². The van der Waals surface area contributed by atoms with Crippen LogP contribution in [0, 0.1) is 0 Å². The first-order valence-electron chi connectivity index (χ1n) is 5.29. The zero-order valence-corrected chi connectivity index (χ0v) is 11.8. The molecule has 0 aliphatic rings. The number of hydrogen-bond donors (Lipinski definition) is 1. The first kappa shape index (κ1) is 14.1. The number of carbonyl (C=O) groups is 1. The van der Waals surface area contributed by atoms with Crippen LogP contribution < -0.4 is 0 Å². The van der Waals surface area contributed by atoms with Crippen LogP contribution in [-0.2, 0) is 11.2 Å². The highest BCUT2D eigenvalue weighted by molar-refractivity contribution is 6.37. The van der Waals surface area contributed by atoms with Gasteiger partial charge in [0.15, 0.2) is 0 Å². The third-order valence-electron chi connectivity index (χ3n) is 2.53. The van der Waals surface area contributed by atoms with Gasteiger partial charge in [0, 0.05) is 27.4 Å². The zero-order chi connectivity index (χ0) is 14.0. The van der Waals surface area contributed by atoms with Gasteiger partial charge < -0.3 is 5.11 Å². The Hall–Kier alpha value is -1.29. The van der Waals surface area contributed by atoms with Gasteiger partial charge in [0.2, 0.25) is 0 Å². The molecule has 1 N–H and O–H groups in total. The standard InChI is InChI=1S/C13H8Cl3NO2/c14-8-1-2-10(15)9(6-8)12-7(5-11(18)19)3-4-17-13(12)16/h1-4,6H,5H2,(H,18,19). The fourth-order valence-corrected chi connectivity index (χ4v) is 2.42. The van der Waals surface area contributed by atoms with Gasteiger partial charge in [-0.1, -0.05) is 34.8 Å². The molecule has 0 unspecified atom stereocenters. The maximum absolute atomic E-state index is 10.9. The molecular weight excluding hydrogens is 309 g/mol. The molecule has 1 aromatic carbocycles. The van der Waals surface area contributed by atoms with E-state index >= 15 is 0 Å². The summed E-state index contributed by atoms with van der Waals surface area (Å²) in [5.41, 5.74) is 1.61. The quantitative estimate of drug-likeness (QED) is 0.857. The first-order valence-corrected chi connectivity index (χ1v) is 6.43. The smallest absolute Gasteiger partial charge is 0.307 e. The van der Waals surface area contributed by atoms with Crippen molar-refractivity contribution in [2.75, 3.05) is 0 Å². The third-order valence-corrected chi connectivity index (χ3v) is 3.38. The number of hydrogen-bond acceptors (Lipinski definition) is 2. The van der Waals surface area contributed by atoms with Crippen LogP contribution in [0.5, 0.6) is 0 Å². The molecule has 2 aromatic rings. The van der Waals surface area contributed by atoms with Gasteiger partial charge >= 0.3 is 5.97 Å². The number of pyridine rings is 1. The SMILES string of the molecule is O=C(O)Cc1ccnc(Cl)c1-c1cc(Cl)ccc1Cl. The van der Waals surface area contributed by atoms with E-state index in [1.807, 2.05) is 0 Å². The van der Waals surface area contributed by atoms with E-state index in [9.17, 15) is 4.79 Å². The molecule has 2 rings (SSSR count). The summed E-state index contributed by atoms with van der Waals surface area (Å²) in [7, 11) is 0. The van der Waals surface area contributed by atoms with E-state index < -0.39 is 5.97 Å². The van der Waals surface area contributed by atoms with Crippen LogP contribution in [0.3, 0.4) is 0 Å². The largest absolute Gasteiger partial charge is 0.481 e. The monoisotopic (exact) mass is 315 g/mol. The zero-order valence-electron chi connectivity index (χ0n) is 9.53. The number of carboxylic acids is 1. The molecule has 0 atom stereocenters. The molecule has 0 aliphatic heterocycles. The Bertz CT molecular complexity index is 644. The van der Waals surface area contributed by atoms with Gasteiger partial charge in [0.25, 0.3) is 0 Å². The normalized spacial score (nSPS) is 10.5. The van der Waals surface area contributed by atoms with Gasteiger partial charge in [-0.2, -0.15) is 0 Å². The molecule has 0 radical (unpaired) electrons. The second-order valence-electron chi connectivity index (χ2n) is 3.83. The lowest BCUT2D eigenvalue weighted by atomic mass is 10.00. The van der Waals surface area contributed by atoms with Gasteiger partial charge in [-0.25, -0.2) is 4.98 Å². The molecule has 0 saturated carbocycles. The van der Waals surface area contributed by atoms with E-state index in [0.29, 0.717) is 26.7 Å². The van der Waals surface area contributed by atoms with Crippen molar-refractivity contribution in [2.45, 2.75) is 6.42 Å². The maximum Gasteiger partial charge on any atom is 0.307 e. The van der Waals surface area contributed by atoms with Crippen molar-refractivity contribution < 1.29 is 9.90 Å². The number of halogens is 3. The minimum absolute atomic E-state index is 0.166. The number of aromatic nitrogens is 1. The van der Waals surface area contributed by atoms with Crippen LogP contribution in [0.4, 0.5) is 0 Å². The minimum atomic E-state index is -0.957. The Labute approximate surface area is 124 Å². The van der Waals surface area contributed by atoms with E-state index in [-0.39, 0.29) is 11.6 Å². The van der Waals surface area contributed by atoms with Gasteiger partial charge in [-0.3, -0.25) is 4.79 Å². The van der Waals surface area contributed by atoms with Crippen molar-refractivity contribution in [3.63, 3.8) is 0 Å². The number of aliphatic carboxylic acids is 1. The van der Waals surface area contributed by atoms with E-state index in [1.54, 1.807) is 24.3 Å². The molecule has 3 nitrogen and oxygen atoms in total. The van der Waals surface area contributed by atoms with Gasteiger partial charge in [0.05, 0.1) is 6.42 Å². The van der Waals surface area contributed by atoms with Crippen molar-refractivity contribution in [3.8, 4) is 11.1 Å². The van der Waals surface area contributed by atoms with Crippen LogP contribution in [0.15, 0.2) is 30.5 Å². The molecule has 6 heteroatoms. The molecule has 98 valence electrons. The minimum Gasteiger partial charge on any atom is -0.481 e. The number of benzene rings is 1. The van der Waals surface area contributed by atoms with Crippen LogP contribution in [0.25, 0.3) is 11.1 Å². The Morgan fingerprint density at radius 1 is 1.21 bits per heavy atom. The summed E-state index contributed by atoms with van der Waals surface area (Å²) in [6.07, 6.45) is 1.29. The van der Waals surface area contributed by atoms with E-state index in [1.165, 1.54) is 6.20 Å². The van der Waals surface area contributed by atoms with Crippen LogP contribution in [-0.4, -0.2) is 16.1 Å². The second kappa shape index (κ2) is 5.78. The lowest BCUT2D eigenvalue weighted by Gasteiger charge is -2.11. The van der Waals surface area contributed by atoms with Crippen molar-refractivity contribution in [3.05, 3.63) is 51.2 Å². The Balaban J connectivity index is 2.66. The van der Waals surface area contributed by atoms with E-state index in [0.717, 1.165) is 0 Å². The third kappa shape index (κ3) is 3.18. The van der Waals surface area contributed by atoms with E-state index in [4.69, 9.17) is 39.9 Å². The fraction of sp³-hybridized carbons (Fsp3) is 0.0769. The molecule has 1 aromatic heterocycles. The number of rotatable bonds is 3. The molecule has 0 saturated heterocycles. The maximum atomic E-state index is 10.9. The summed E-state index contributed by atoms with van der Waals surface area (Å²) in [5, 5.41) is 10.1. The van der Waals surface area contributed by atoms with Crippen LogP contribution >= 0.6 is 34.8 Å². The lowest BCUT2D eigenvalue weighted by Crippen LogP contribution is -2.03. The Kier molecular flexibility index (Phi) is 4.30. The average molecular weight is 317 g/mol. The molecular formula is C13H8Cl3NO2. The number of carboxylic acid groups (broad SMARTS) is 1. The molecule has 0 fully saturated rings. The van der Waals surface area contributed by atoms with Crippen molar-refractivity contribution >= 4 is 40.8 Å². The highest BCUT2D eigenvalue weighted by atomic mass is 35.5. The summed E-state index contributed by atoms with van der Waals surface area (Å²) >= 11 is 18.1. The van der Waals surface area contributed by atoms with Crippen LogP contribution in [0.2, 0.25) is 15.2 Å². The lowest BCUT2D eigenvalue weighted by molar-refractivity contribution is -0.136. The van der Waals surface area contributed by atoms with Crippen LogP contribution in [0.1, 0.15) is 5.56 Å².